The lowest BCUT2D eigenvalue weighted by atomic mass is 10.2. The molecule has 0 heterocycles. The molecule has 40 heavy (non-hydrogen) atoms. The number of hydrogen-bond acceptors (Lipinski definition) is 4. The summed E-state index contributed by atoms with van der Waals surface area (Å²) in [6, 6.07) is 57.2. The molecule has 0 bridgehead atoms. The van der Waals surface area contributed by atoms with E-state index < -0.39 is 0 Å². The molecule has 4 nitrogen and oxygen atoms in total. The van der Waals surface area contributed by atoms with E-state index in [4.69, 9.17) is 0 Å². The average molecular weight is 521 g/mol. The van der Waals surface area contributed by atoms with Crippen LogP contribution in [0.2, 0.25) is 0 Å². The molecular weight excluding hydrogens is 488 g/mol. The van der Waals surface area contributed by atoms with E-state index in [2.05, 4.69) is 118 Å². The van der Waals surface area contributed by atoms with Crippen molar-refractivity contribution in [2.24, 2.45) is 0 Å². The zero-order chi connectivity index (χ0) is 27.2. The summed E-state index contributed by atoms with van der Waals surface area (Å²) >= 11 is 0. The van der Waals surface area contributed by atoms with Gasteiger partial charge in [-0.05, 0) is 97.1 Å². The Labute approximate surface area is 236 Å². The van der Waals surface area contributed by atoms with Gasteiger partial charge in [0.25, 0.3) is 0 Å². The molecule has 4 heteroatoms. The molecule has 0 saturated carbocycles. The maximum absolute atomic E-state index is 3.37. The number of para-hydroxylation sites is 4. The Morgan fingerprint density at radius 2 is 0.325 bits per heavy atom. The van der Waals surface area contributed by atoms with E-state index in [9.17, 15) is 0 Å². The zero-order valence-electron chi connectivity index (χ0n) is 22.2. The summed E-state index contributed by atoms with van der Waals surface area (Å²) in [6.45, 7) is 0. The number of benzene rings is 6. The van der Waals surface area contributed by atoms with Crippen molar-refractivity contribution in [2.75, 3.05) is 21.3 Å². The molecule has 6 aromatic rings. The summed E-state index contributed by atoms with van der Waals surface area (Å²) in [5.41, 5.74) is 8.69. The normalized spacial score (nSPS) is 10.0. The molecule has 0 aliphatic rings. The minimum absolute atomic E-state index is 1.08. The fraction of sp³-hybridized carbons (Fsp3) is 0. The Hall–Kier alpha value is -5.48. The lowest BCUT2D eigenvalue weighted by molar-refractivity contribution is 1.52. The van der Waals surface area contributed by atoms with Gasteiger partial charge in [0.2, 0.25) is 0 Å². The molecule has 6 aromatic carbocycles. The fourth-order valence-electron chi connectivity index (χ4n) is 4.03. The van der Waals surface area contributed by atoms with Crippen LogP contribution in [0.4, 0.5) is 45.5 Å². The highest BCUT2D eigenvalue weighted by molar-refractivity contribution is 5.67. The van der Waals surface area contributed by atoms with Crippen LogP contribution >= 0.6 is 0 Å². The van der Waals surface area contributed by atoms with Crippen molar-refractivity contribution in [3.63, 3.8) is 0 Å². The van der Waals surface area contributed by atoms with Gasteiger partial charge in [0, 0.05) is 45.5 Å². The first-order chi connectivity index (χ1) is 19.8. The molecule has 4 N–H and O–H groups in total. The highest BCUT2D eigenvalue weighted by Gasteiger charge is 1.98. The summed E-state index contributed by atoms with van der Waals surface area (Å²) in [5.74, 6) is 0. The zero-order valence-corrected chi connectivity index (χ0v) is 22.2. The van der Waals surface area contributed by atoms with Crippen molar-refractivity contribution in [2.45, 2.75) is 0 Å². The third kappa shape index (κ3) is 8.27. The first kappa shape index (κ1) is 26.1. The van der Waals surface area contributed by atoms with E-state index in [-0.39, 0.29) is 0 Å². The summed E-state index contributed by atoms with van der Waals surface area (Å²) < 4.78 is 0. The number of hydrogen-bond donors (Lipinski definition) is 4. The molecule has 0 fully saturated rings. The number of rotatable bonds is 8. The van der Waals surface area contributed by atoms with Crippen LogP contribution in [0.5, 0.6) is 0 Å². The quantitative estimate of drug-likeness (QED) is 0.161. The third-order valence-electron chi connectivity index (χ3n) is 6.02. The molecule has 0 saturated heterocycles. The van der Waals surface area contributed by atoms with Gasteiger partial charge in [-0.3, -0.25) is 0 Å². The van der Waals surface area contributed by atoms with Crippen LogP contribution in [0.15, 0.2) is 170 Å². The molecule has 0 spiro atoms. The first-order valence-corrected chi connectivity index (χ1v) is 13.3. The van der Waals surface area contributed by atoms with Gasteiger partial charge in [0.05, 0.1) is 0 Å². The Morgan fingerprint density at radius 1 is 0.175 bits per heavy atom. The second-order valence-electron chi connectivity index (χ2n) is 9.12. The van der Waals surface area contributed by atoms with Crippen molar-refractivity contribution in [3.8, 4) is 0 Å². The Kier molecular flexibility index (Phi) is 9.08. The van der Waals surface area contributed by atoms with Gasteiger partial charge in [0.15, 0.2) is 0 Å². The van der Waals surface area contributed by atoms with Crippen LogP contribution in [-0.4, -0.2) is 0 Å². The molecule has 0 amide bonds. The van der Waals surface area contributed by atoms with Gasteiger partial charge in [-0.25, -0.2) is 0 Å². The molecule has 0 radical (unpaired) electrons. The second kappa shape index (κ2) is 13.9. The molecule has 0 unspecified atom stereocenters. The summed E-state index contributed by atoms with van der Waals surface area (Å²) in [4.78, 5) is 0. The molecule has 196 valence electrons. The topological polar surface area (TPSA) is 48.1 Å². The fourth-order valence-corrected chi connectivity index (χ4v) is 4.03. The standard InChI is InChI=1S/2C18H16N2/c2*1-3-7-15(8-4-1)19-17-11-13-18(14-12-17)20-16-9-5-2-6-10-16/h2*1-14,19-20H. The van der Waals surface area contributed by atoms with E-state index in [0.717, 1.165) is 45.5 Å². The van der Waals surface area contributed by atoms with E-state index >= 15 is 0 Å². The van der Waals surface area contributed by atoms with Crippen LogP contribution in [-0.2, 0) is 0 Å². The van der Waals surface area contributed by atoms with E-state index in [1.165, 1.54) is 0 Å². The molecule has 0 aromatic heterocycles. The van der Waals surface area contributed by atoms with Crippen LogP contribution in [0.25, 0.3) is 0 Å². The molecule has 0 atom stereocenters. The lowest BCUT2D eigenvalue weighted by Gasteiger charge is -2.09. The lowest BCUT2D eigenvalue weighted by Crippen LogP contribution is -1.92. The molecular formula is C36H32N4. The predicted octanol–water partition coefficient (Wildman–Crippen LogP) is 10.3. The van der Waals surface area contributed by atoms with Crippen molar-refractivity contribution in [1.29, 1.82) is 0 Å². The maximum atomic E-state index is 3.37. The summed E-state index contributed by atoms with van der Waals surface area (Å²) in [7, 11) is 0. The number of nitrogens with one attached hydrogen (secondary N) is 4. The third-order valence-corrected chi connectivity index (χ3v) is 6.02. The van der Waals surface area contributed by atoms with Crippen molar-refractivity contribution >= 4 is 45.5 Å². The maximum Gasteiger partial charge on any atom is 0.0385 e. The minimum atomic E-state index is 1.08. The average Bonchev–Trinajstić information content (AvgIpc) is 3.02. The first-order valence-electron chi connectivity index (χ1n) is 13.3. The van der Waals surface area contributed by atoms with Crippen LogP contribution in [0, 0.1) is 0 Å². The van der Waals surface area contributed by atoms with Crippen LogP contribution in [0.1, 0.15) is 0 Å². The molecule has 0 aliphatic carbocycles. The minimum Gasteiger partial charge on any atom is -0.356 e. The monoisotopic (exact) mass is 520 g/mol. The SMILES string of the molecule is c1ccc(Nc2ccc(Nc3ccccc3)cc2)cc1.c1ccc(Nc2ccc(Nc3ccccc3)cc2)cc1. The summed E-state index contributed by atoms with van der Waals surface area (Å²) in [5, 5.41) is 13.5. The molecule has 6 rings (SSSR count). The Morgan fingerprint density at radius 3 is 0.500 bits per heavy atom. The van der Waals surface area contributed by atoms with Gasteiger partial charge in [-0.2, -0.15) is 0 Å². The predicted molar refractivity (Wildman–Crippen MR) is 172 cm³/mol. The van der Waals surface area contributed by atoms with Crippen molar-refractivity contribution < 1.29 is 0 Å². The highest BCUT2D eigenvalue weighted by Crippen LogP contribution is 2.22. The van der Waals surface area contributed by atoms with E-state index in [1.807, 2.05) is 72.8 Å². The largest absolute Gasteiger partial charge is 0.356 e. The van der Waals surface area contributed by atoms with Gasteiger partial charge in [0.1, 0.15) is 0 Å². The van der Waals surface area contributed by atoms with E-state index in [1.54, 1.807) is 0 Å². The van der Waals surface area contributed by atoms with Crippen LogP contribution in [0.3, 0.4) is 0 Å². The summed E-state index contributed by atoms with van der Waals surface area (Å²) in [6.07, 6.45) is 0. The highest BCUT2D eigenvalue weighted by atomic mass is 14.9. The van der Waals surface area contributed by atoms with Gasteiger partial charge in [-0.15, -0.1) is 0 Å². The van der Waals surface area contributed by atoms with Crippen molar-refractivity contribution in [3.05, 3.63) is 170 Å². The van der Waals surface area contributed by atoms with Gasteiger partial charge in [-0.1, -0.05) is 72.8 Å². The Bertz CT molecular complexity index is 1290. The van der Waals surface area contributed by atoms with Gasteiger partial charge >= 0.3 is 0 Å². The van der Waals surface area contributed by atoms with E-state index in [0.29, 0.717) is 0 Å². The van der Waals surface area contributed by atoms with Crippen LogP contribution < -0.4 is 21.3 Å². The number of anilines is 8. The van der Waals surface area contributed by atoms with Crippen molar-refractivity contribution in [1.82, 2.24) is 0 Å². The smallest absolute Gasteiger partial charge is 0.0385 e. The molecule has 0 aliphatic heterocycles. The Balaban J connectivity index is 0.000000161. The second-order valence-corrected chi connectivity index (χ2v) is 9.12. The van der Waals surface area contributed by atoms with Gasteiger partial charge < -0.3 is 21.3 Å².